The quantitative estimate of drug-likeness (QED) is 0.510. The Morgan fingerprint density at radius 2 is 1.21 bits per heavy atom. The fourth-order valence-electron chi connectivity index (χ4n) is 0.600. The van der Waals surface area contributed by atoms with Crippen molar-refractivity contribution in [2.45, 2.75) is 55.4 Å². The maximum atomic E-state index is 2.12. The lowest BCUT2D eigenvalue weighted by Gasteiger charge is -1.96. The third-order valence-corrected chi connectivity index (χ3v) is 1.59. The number of hydrogen-bond donors (Lipinski definition) is 0. The van der Waals surface area contributed by atoms with Gasteiger partial charge in [-0.25, -0.2) is 0 Å². The maximum absolute atomic E-state index is 2.12. The van der Waals surface area contributed by atoms with E-state index in [1.54, 1.807) is 0 Å². The van der Waals surface area contributed by atoms with Crippen LogP contribution in [-0.2, 0) is 0 Å². The molecule has 0 heteroatoms. The predicted molar refractivity (Wildman–Crippen MR) is 70.7 cm³/mol. The number of rotatable bonds is 2. The molecule has 0 fully saturated rings. The topological polar surface area (TPSA) is 0 Å². The first-order chi connectivity index (χ1) is 6.72. The second-order valence-corrected chi connectivity index (χ2v) is 2.35. The average Bonchev–Trinajstić information content (AvgIpc) is 2.30. The van der Waals surface area contributed by atoms with Crippen molar-refractivity contribution < 1.29 is 0 Å². The molecule has 0 unspecified atom stereocenters. The second-order valence-electron chi connectivity index (χ2n) is 2.35. The highest BCUT2D eigenvalue weighted by atomic mass is 13.9. The number of hydrogen-bond acceptors (Lipinski definition) is 0. The lowest BCUT2D eigenvalue weighted by atomic mass is 10.1. The molecule has 0 radical (unpaired) electrons. The van der Waals surface area contributed by atoms with Crippen molar-refractivity contribution in [3.8, 4) is 0 Å². The van der Waals surface area contributed by atoms with Crippen LogP contribution in [0.3, 0.4) is 0 Å². The van der Waals surface area contributed by atoms with Gasteiger partial charge in [-0.05, 0) is 33.3 Å². The summed E-state index contributed by atoms with van der Waals surface area (Å²) in [4.78, 5) is 0. The SMILES string of the molecule is CC.CC.C\C=C(C)/C(C)=C\C=C\C. The van der Waals surface area contributed by atoms with Crippen LogP contribution in [0.5, 0.6) is 0 Å². The highest BCUT2D eigenvalue weighted by Crippen LogP contribution is 2.06. The van der Waals surface area contributed by atoms with E-state index in [4.69, 9.17) is 0 Å². The Balaban J connectivity index is -0.000000266. The largest absolute Gasteiger partial charge is 0.0877 e. The van der Waals surface area contributed by atoms with Gasteiger partial charge in [0.2, 0.25) is 0 Å². The van der Waals surface area contributed by atoms with Gasteiger partial charge in [0.05, 0.1) is 0 Å². The first-order valence-electron chi connectivity index (χ1n) is 5.65. The molecule has 0 atom stereocenters. The summed E-state index contributed by atoms with van der Waals surface area (Å²) in [6, 6.07) is 0. The zero-order valence-electron chi connectivity index (χ0n) is 11.3. The van der Waals surface area contributed by atoms with Gasteiger partial charge in [0, 0.05) is 0 Å². The Labute approximate surface area is 91.4 Å². The van der Waals surface area contributed by atoms with E-state index in [9.17, 15) is 0 Å². The molecular weight excluding hydrogens is 168 g/mol. The van der Waals surface area contributed by atoms with Gasteiger partial charge in [-0.3, -0.25) is 0 Å². The summed E-state index contributed by atoms with van der Waals surface area (Å²) in [5.41, 5.74) is 2.68. The van der Waals surface area contributed by atoms with Crippen molar-refractivity contribution in [2.24, 2.45) is 0 Å². The van der Waals surface area contributed by atoms with Crippen molar-refractivity contribution in [1.82, 2.24) is 0 Å². The summed E-state index contributed by atoms with van der Waals surface area (Å²) in [5, 5.41) is 0. The summed E-state index contributed by atoms with van der Waals surface area (Å²) < 4.78 is 0. The Morgan fingerprint density at radius 1 is 0.786 bits per heavy atom. The van der Waals surface area contributed by atoms with Gasteiger partial charge in [-0.2, -0.15) is 0 Å². The van der Waals surface area contributed by atoms with Crippen LogP contribution in [0.1, 0.15) is 55.4 Å². The van der Waals surface area contributed by atoms with E-state index in [0.717, 1.165) is 0 Å². The Morgan fingerprint density at radius 3 is 1.50 bits per heavy atom. The van der Waals surface area contributed by atoms with Crippen molar-refractivity contribution in [2.75, 3.05) is 0 Å². The van der Waals surface area contributed by atoms with E-state index in [1.807, 2.05) is 40.7 Å². The van der Waals surface area contributed by atoms with Crippen LogP contribution < -0.4 is 0 Å². The van der Waals surface area contributed by atoms with Gasteiger partial charge >= 0.3 is 0 Å². The van der Waals surface area contributed by atoms with Gasteiger partial charge in [-0.1, -0.05) is 57.6 Å². The monoisotopic (exact) mass is 196 g/mol. The summed E-state index contributed by atoms with van der Waals surface area (Å²) >= 11 is 0. The predicted octanol–water partition coefficient (Wildman–Crippen LogP) is 5.53. The second kappa shape index (κ2) is 18.1. The third kappa shape index (κ3) is 13.8. The van der Waals surface area contributed by atoms with Crippen LogP contribution in [0.15, 0.2) is 35.5 Å². The molecule has 0 spiro atoms. The summed E-state index contributed by atoms with van der Waals surface area (Å²) in [5.74, 6) is 0. The fourth-order valence-corrected chi connectivity index (χ4v) is 0.600. The highest BCUT2D eigenvalue weighted by Gasteiger charge is 1.86. The normalized spacial score (nSPS) is 11.4. The minimum Gasteiger partial charge on any atom is -0.0877 e. The summed E-state index contributed by atoms with van der Waals surface area (Å²) in [6.07, 6.45) is 8.33. The molecule has 84 valence electrons. The van der Waals surface area contributed by atoms with E-state index in [1.165, 1.54) is 11.1 Å². The van der Waals surface area contributed by atoms with Crippen LogP contribution in [0, 0.1) is 0 Å². The Bertz CT molecular complexity index is 168. The van der Waals surface area contributed by atoms with Crippen molar-refractivity contribution in [1.29, 1.82) is 0 Å². The van der Waals surface area contributed by atoms with Crippen LogP contribution in [-0.4, -0.2) is 0 Å². The van der Waals surface area contributed by atoms with Gasteiger partial charge in [-0.15, -0.1) is 0 Å². The first kappa shape index (κ1) is 18.9. The molecule has 0 amide bonds. The molecule has 0 nitrogen and oxygen atoms in total. The molecule has 14 heavy (non-hydrogen) atoms. The van der Waals surface area contributed by atoms with Crippen molar-refractivity contribution in [3.05, 3.63) is 35.5 Å². The molecule has 0 heterocycles. The van der Waals surface area contributed by atoms with Crippen LogP contribution >= 0.6 is 0 Å². The van der Waals surface area contributed by atoms with E-state index < -0.39 is 0 Å². The van der Waals surface area contributed by atoms with E-state index in [-0.39, 0.29) is 0 Å². The molecule has 0 rings (SSSR count). The Kier molecular flexibility index (Phi) is 24.4. The molecule has 0 saturated carbocycles. The molecule has 0 bridgehead atoms. The molecule has 0 aromatic heterocycles. The van der Waals surface area contributed by atoms with E-state index in [0.29, 0.717) is 0 Å². The standard InChI is InChI=1S/C10H16.2C2H6/c1-5-7-8-10(4)9(3)6-2;2*1-2/h5-8H,1-4H3;2*1-2H3/b7-5+,9-6-,10-8-;;. The maximum Gasteiger partial charge on any atom is -0.0395 e. The van der Waals surface area contributed by atoms with E-state index in [2.05, 4.69) is 39.0 Å². The van der Waals surface area contributed by atoms with E-state index >= 15 is 0 Å². The smallest absolute Gasteiger partial charge is 0.0395 e. The summed E-state index contributed by atoms with van der Waals surface area (Å²) in [7, 11) is 0. The van der Waals surface area contributed by atoms with Crippen molar-refractivity contribution >= 4 is 0 Å². The van der Waals surface area contributed by atoms with Gasteiger partial charge < -0.3 is 0 Å². The van der Waals surface area contributed by atoms with Crippen LogP contribution in [0.25, 0.3) is 0 Å². The lowest BCUT2D eigenvalue weighted by Crippen LogP contribution is -1.75. The molecule has 0 aromatic carbocycles. The minimum absolute atomic E-state index is 1.33. The van der Waals surface area contributed by atoms with Crippen molar-refractivity contribution in [3.63, 3.8) is 0 Å². The third-order valence-electron chi connectivity index (χ3n) is 1.59. The molecular formula is C14H28. The zero-order valence-corrected chi connectivity index (χ0v) is 11.3. The van der Waals surface area contributed by atoms with Gasteiger partial charge in [0.25, 0.3) is 0 Å². The van der Waals surface area contributed by atoms with Gasteiger partial charge in [0.1, 0.15) is 0 Å². The zero-order chi connectivity index (χ0) is 12.0. The van der Waals surface area contributed by atoms with Crippen LogP contribution in [0.4, 0.5) is 0 Å². The fraction of sp³-hybridized carbons (Fsp3) is 0.571. The Hall–Kier alpha value is -0.780. The van der Waals surface area contributed by atoms with Crippen LogP contribution in [0.2, 0.25) is 0 Å². The molecule has 0 N–H and O–H groups in total. The molecule has 0 aliphatic heterocycles. The summed E-state index contributed by atoms with van der Waals surface area (Å²) in [6.45, 7) is 16.3. The average molecular weight is 196 g/mol. The molecule has 0 aromatic rings. The number of allylic oxidation sites excluding steroid dienone is 6. The molecule has 0 saturated heterocycles. The van der Waals surface area contributed by atoms with Gasteiger partial charge in [0.15, 0.2) is 0 Å². The first-order valence-corrected chi connectivity index (χ1v) is 5.65. The minimum atomic E-state index is 1.33. The molecule has 0 aliphatic rings. The lowest BCUT2D eigenvalue weighted by molar-refractivity contribution is 1.33. The highest BCUT2D eigenvalue weighted by molar-refractivity contribution is 5.29. The molecule has 0 aliphatic carbocycles.